The Balaban J connectivity index is 1.47. The third-order valence-corrected chi connectivity index (χ3v) is 7.48. The van der Waals surface area contributed by atoms with Crippen molar-refractivity contribution >= 4 is 33.3 Å². The standard InChI is InChI=1S/C24H27N5O3S/c1-17-7-9-21(10-8-17)26-24-25-18(2)15-23(27-24)28-11-13-29(14-12-28)33(31,32)22-6-4-5-20(16-22)19(3)30/h4-10,15-16H,11-14H2,1-3H3,(H,25,26,27). The Bertz CT molecular complexity index is 1270. The van der Waals surface area contributed by atoms with Crippen LogP contribution in [0.4, 0.5) is 17.5 Å². The molecule has 0 aliphatic carbocycles. The molecule has 9 heteroatoms. The Morgan fingerprint density at radius 1 is 0.939 bits per heavy atom. The van der Waals surface area contributed by atoms with Crippen LogP contribution in [0.3, 0.4) is 0 Å². The molecule has 1 aliphatic heterocycles. The van der Waals surface area contributed by atoms with E-state index < -0.39 is 10.0 Å². The molecule has 0 atom stereocenters. The van der Waals surface area contributed by atoms with E-state index in [4.69, 9.17) is 0 Å². The molecule has 172 valence electrons. The van der Waals surface area contributed by atoms with Gasteiger partial charge < -0.3 is 10.2 Å². The van der Waals surface area contributed by atoms with Crippen LogP contribution in [0.15, 0.2) is 59.5 Å². The monoisotopic (exact) mass is 465 g/mol. The number of ketones is 1. The van der Waals surface area contributed by atoms with Crippen LogP contribution in [0.2, 0.25) is 0 Å². The predicted molar refractivity (Wildman–Crippen MR) is 129 cm³/mol. The number of carbonyl (C=O) groups excluding carboxylic acids is 1. The van der Waals surface area contributed by atoms with Crippen molar-refractivity contribution < 1.29 is 13.2 Å². The number of nitrogens with zero attached hydrogens (tertiary/aromatic N) is 4. The van der Waals surface area contributed by atoms with Crippen LogP contribution in [0.5, 0.6) is 0 Å². The van der Waals surface area contributed by atoms with Gasteiger partial charge in [-0.3, -0.25) is 4.79 Å². The summed E-state index contributed by atoms with van der Waals surface area (Å²) >= 11 is 0. The minimum atomic E-state index is -3.67. The Morgan fingerprint density at radius 2 is 1.64 bits per heavy atom. The summed E-state index contributed by atoms with van der Waals surface area (Å²) in [5.41, 5.74) is 3.29. The van der Waals surface area contributed by atoms with E-state index in [2.05, 4.69) is 20.2 Å². The van der Waals surface area contributed by atoms with Gasteiger partial charge >= 0.3 is 0 Å². The second-order valence-electron chi connectivity index (χ2n) is 8.16. The van der Waals surface area contributed by atoms with Crippen molar-refractivity contribution in [1.29, 1.82) is 0 Å². The molecule has 0 radical (unpaired) electrons. The largest absolute Gasteiger partial charge is 0.354 e. The normalized spacial score (nSPS) is 14.8. The highest BCUT2D eigenvalue weighted by Crippen LogP contribution is 2.23. The molecule has 1 saturated heterocycles. The SMILES string of the molecule is CC(=O)c1cccc(S(=O)(=O)N2CCN(c3cc(C)nc(Nc4ccc(C)cc4)n3)CC2)c1. The van der Waals surface area contributed by atoms with Crippen molar-refractivity contribution in [3.63, 3.8) is 0 Å². The van der Waals surface area contributed by atoms with Crippen LogP contribution in [0.25, 0.3) is 0 Å². The summed E-state index contributed by atoms with van der Waals surface area (Å²) in [6.07, 6.45) is 0. The fourth-order valence-electron chi connectivity index (χ4n) is 3.72. The van der Waals surface area contributed by atoms with Crippen LogP contribution in [-0.2, 0) is 10.0 Å². The van der Waals surface area contributed by atoms with Crippen LogP contribution >= 0.6 is 0 Å². The van der Waals surface area contributed by atoms with Gasteiger partial charge in [0.05, 0.1) is 4.90 Å². The first-order chi connectivity index (χ1) is 15.7. The van der Waals surface area contributed by atoms with E-state index in [1.54, 1.807) is 12.1 Å². The van der Waals surface area contributed by atoms with Crippen molar-refractivity contribution in [3.8, 4) is 0 Å². The van der Waals surface area contributed by atoms with Crippen molar-refractivity contribution in [2.75, 3.05) is 36.4 Å². The molecule has 2 heterocycles. The number of hydrogen-bond acceptors (Lipinski definition) is 7. The lowest BCUT2D eigenvalue weighted by atomic mass is 10.2. The number of carbonyl (C=O) groups is 1. The first-order valence-electron chi connectivity index (χ1n) is 10.8. The number of aromatic nitrogens is 2. The van der Waals surface area contributed by atoms with E-state index >= 15 is 0 Å². The van der Waals surface area contributed by atoms with E-state index in [0.717, 1.165) is 17.2 Å². The van der Waals surface area contributed by atoms with Gasteiger partial charge in [-0.25, -0.2) is 13.4 Å². The minimum absolute atomic E-state index is 0.145. The van der Waals surface area contributed by atoms with E-state index in [0.29, 0.717) is 37.7 Å². The summed E-state index contributed by atoms with van der Waals surface area (Å²) in [5, 5.41) is 3.24. The first-order valence-corrected chi connectivity index (χ1v) is 12.2. The van der Waals surface area contributed by atoms with Crippen LogP contribution in [-0.4, -0.2) is 54.7 Å². The Kier molecular flexibility index (Phi) is 6.44. The van der Waals surface area contributed by atoms with Gasteiger partial charge in [0, 0.05) is 49.2 Å². The lowest BCUT2D eigenvalue weighted by Crippen LogP contribution is -2.49. The zero-order valence-electron chi connectivity index (χ0n) is 18.9. The Labute approximate surface area is 194 Å². The van der Waals surface area contributed by atoms with Crippen molar-refractivity contribution in [1.82, 2.24) is 14.3 Å². The molecule has 2 aromatic carbocycles. The van der Waals surface area contributed by atoms with Gasteiger partial charge in [0.15, 0.2) is 5.78 Å². The number of hydrogen-bond donors (Lipinski definition) is 1. The quantitative estimate of drug-likeness (QED) is 0.556. The van der Waals surface area contributed by atoms with Crippen LogP contribution in [0.1, 0.15) is 28.5 Å². The first kappa shape index (κ1) is 22.9. The van der Waals surface area contributed by atoms with Crippen molar-refractivity contribution in [3.05, 3.63) is 71.4 Å². The van der Waals surface area contributed by atoms with E-state index in [1.165, 1.54) is 28.9 Å². The minimum Gasteiger partial charge on any atom is -0.354 e. The average Bonchev–Trinajstić information content (AvgIpc) is 2.80. The number of anilines is 3. The van der Waals surface area contributed by atoms with Gasteiger partial charge in [0.25, 0.3) is 0 Å². The summed E-state index contributed by atoms with van der Waals surface area (Å²) in [6, 6.07) is 16.1. The second-order valence-corrected chi connectivity index (χ2v) is 10.1. The fourth-order valence-corrected chi connectivity index (χ4v) is 5.19. The molecule has 33 heavy (non-hydrogen) atoms. The number of sulfonamides is 1. The molecule has 1 N–H and O–H groups in total. The Morgan fingerprint density at radius 3 is 2.30 bits per heavy atom. The highest BCUT2D eigenvalue weighted by atomic mass is 32.2. The molecule has 0 amide bonds. The summed E-state index contributed by atoms with van der Waals surface area (Å²) in [4.78, 5) is 23.0. The molecular formula is C24H27N5O3S. The number of benzene rings is 2. The van der Waals surface area contributed by atoms with E-state index in [-0.39, 0.29) is 10.7 Å². The van der Waals surface area contributed by atoms with Gasteiger partial charge in [-0.15, -0.1) is 0 Å². The van der Waals surface area contributed by atoms with Crippen molar-refractivity contribution in [2.24, 2.45) is 0 Å². The van der Waals surface area contributed by atoms with Crippen molar-refractivity contribution in [2.45, 2.75) is 25.7 Å². The lowest BCUT2D eigenvalue weighted by Gasteiger charge is -2.34. The Hall–Kier alpha value is -3.30. The maximum Gasteiger partial charge on any atom is 0.243 e. The van der Waals surface area contributed by atoms with Crippen LogP contribution in [0, 0.1) is 13.8 Å². The van der Waals surface area contributed by atoms with Gasteiger partial charge in [-0.2, -0.15) is 9.29 Å². The molecule has 0 saturated carbocycles. The zero-order chi connectivity index (χ0) is 23.6. The molecule has 4 rings (SSSR count). The maximum absolute atomic E-state index is 13.1. The number of piperazine rings is 1. The summed E-state index contributed by atoms with van der Waals surface area (Å²) in [7, 11) is -3.67. The summed E-state index contributed by atoms with van der Waals surface area (Å²) in [5.74, 6) is 1.10. The maximum atomic E-state index is 13.1. The summed E-state index contributed by atoms with van der Waals surface area (Å²) < 4.78 is 27.7. The highest BCUT2D eigenvalue weighted by molar-refractivity contribution is 7.89. The molecule has 1 aromatic heterocycles. The topological polar surface area (TPSA) is 95.5 Å². The molecule has 0 unspecified atom stereocenters. The predicted octanol–water partition coefficient (Wildman–Crippen LogP) is 3.55. The highest BCUT2D eigenvalue weighted by Gasteiger charge is 2.29. The zero-order valence-corrected chi connectivity index (χ0v) is 19.8. The summed E-state index contributed by atoms with van der Waals surface area (Å²) in [6.45, 7) is 7.04. The number of Topliss-reactive ketones (excluding diaryl/α,β-unsaturated/α-hetero) is 1. The molecular weight excluding hydrogens is 438 g/mol. The fraction of sp³-hybridized carbons (Fsp3) is 0.292. The molecule has 0 spiro atoms. The van der Waals surface area contributed by atoms with Crippen LogP contribution < -0.4 is 10.2 Å². The van der Waals surface area contributed by atoms with Gasteiger partial charge in [0.1, 0.15) is 5.82 Å². The molecule has 0 bridgehead atoms. The third kappa shape index (κ3) is 5.20. The van der Waals surface area contributed by atoms with Gasteiger partial charge in [-0.1, -0.05) is 29.8 Å². The van der Waals surface area contributed by atoms with Gasteiger partial charge in [0.2, 0.25) is 16.0 Å². The number of aryl methyl sites for hydroxylation is 2. The number of rotatable bonds is 6. The number of nitrogens with one attached hydrogen (secondary N) is 1. The molecule has 3 aromatic rings. The third-order valence-electron chi connectivity index (χ3n) is 5.59. The average molecular weight is 466 g/mol. The molecule has 1 fully saturated rings. The van der Waals surface area contributed by atoms with E-state index in [9.17, 15) is 13.2 Å². The molecule has 1 aliphatic rings. The molecule has 8 nitrogen and oxygen atoms in total. The van der Waals surface area contributed by atoms with E-state index in [1.807, 2.05) is 44.2 Å². The second kappa shape index (κ2) is 9.29. The smallest absolute Gasteiger partial charge is 0.243 e. The lowest BCUT2D eigenvalue weighted by molar-refractivity contribution is 0.101. The van der Waals surface area contributed by atoms with Gasteiger partial charge in [-0.05, 0) is 45.0 Å².